The Labute approximate surface area is 120 Å². The average molecular weight is 276 g/mol. The van der Waals surface area contributed by atoms with Crippen molar-refractivity contribution in [2.75, 3.05) is 6.61 Å². The molecule has 0 bridgehead atoms. The highest BCUT2D eigenvalue weighted by atomic mass is 19.1. The van der Waals surface area contributed by atoms with E-state index in [2.05, 4.69) is 18.8 Å². The quantitative estimate of drug-likeness (QED) is 0.856. The molecule has 0 spiro atoms. The van der Waals surface area contributed by atoms with Crippen LogP contribution in [0.25, 0.3) is 0 Å². The zero-order valence-electron chi connectivity index (χ0n) is 11.9. The van der Waals surface area contributed by atoms with Crippen LogP contribution in [0, 0.1) is 23.6 Å². The van der Waals surface area contributed by atoms with Crippen LogP contribution >= 0.6 is 0 Å². The standard InChI is InChI=1S/C17H21FO2/c1-13-5-8-15(9-6-13)20-16-10-7-14(17(18)12-16)4-2-3-11-19/h7,10,12-13,15,19H,3,5-6,8-9,11H2,1H3. The van der Waals surface area contributed by atoms with Crippen LogP contribution in [0.4, 0.5) is 4.39 Å². The van der Waals surface area contributed by atoms with Gasteiger partial charge in [-0.05, 0) is 43.7 Å². The van der Waals surface area contributed by atoms with Crippen LogP contribution in [0.3, 0.4) is 0 Å². The summed E-state index contributed by atoms with van der Waals surface area (Å²) in [4.78, 5) is 0. The molecule has 0 unspecified atom stereocenters. The van der Waals surface area contributed by atoms with Crippen molar-refractivity contribution in [2.45, 2.75) is 45.1 Å². The topological polar surface area (TPSA) is 29.5 Å². The lowest BCUT2D eigenvalue weighted by Crippen LogP contribution is -2.23. The van der Waals surface area contributed by atoms with Crippen LogP contribution in [-0.2, 0) is 0 Å². The first-order valence-corrected chi connectivity index (χ1v) is 7.25. The number of aliphatic hydroxyl groups is 1. The second kappa shape index (κ2) is 7.31. The zero-order chi connectivity index (χ0) is 14.4. The maximum absolute atomic E-state index is 13.8. The van der Waals surface area contributed by atoms with E-state index in [9.17, 15) is 4.39 Å². The van der Waals surface area contributed by atoms with Crippen molar-refractivity contribution >= 4 is 0 Å². The van der Waals surface area contributed by atoms with Crippen molar-refractivity contribution in [3.05, 3.63) is 29.6 Å². The van der Waals surface area contributed by atoms with Crippen LogP contribution in [0.1, 0.15) is 44.6 Å². The molecule has 1 aliphatic rings. The molecule has 0 aliphatic heterocycles. The summed E-state index contributed by atoms with van der Waals surface area (Å²) in [6, 6.07) is 4.81. The summed E-state index contributed by atoms with van der Waals surface area (Å²) in [6.07, 6.45) is 5.01. The van der Waals surface area contributed by atoms with E-state index in [0.717, 1.165) is 18.8 Å². The van der Waals surface area contributed by atoms with Gasteiger partial charge in [0, 0.05) is 12.5 Å². The van der Waals surface area contributed by atoms with Gasteiger partial charge in [-0.1, -0.05) is 18.8 Å². The molecule has 0 atom stereocenters. The highest BCUT2D eigenvalue weighted by Crippen LogP contribution is 2.27. The van der Waals surface area contributed by atoms with Crippen LogP contribution in [0.5, 0.6) is 5.75 Å². The molecular formula is C17H21FO2. The smallest absolute Gasteiger partial charge is 0.142 e. The number of benzene rings is 1. The van der Waals surface area contributed by atoms with Gasteiger partial charge in [0.25, 0.3) is 0 Å². The van der Waals surface area contributed by atoms with Gasteiger partial charge in [0.15, 0.2) is 0 Å². The molecule has 20 heavy (non-hydrogen) atoms. The van der Waals surface area contributed by atoms with E-state index < -0.39 is 0 Å². The Kier molecular flexibility index (Phi) is 5.43. The van der Waals surface area contributed by atoms with Gasteiger partial charge < -0.3 is 9.84 Å². The second-order valence-corrected chi connectivity index (χ2v) is 5.42. The summed E-state index contributed by atoms with van der Waals surface area (Å²) in [5.41, 5.74) is 0.350. The number of hydrogen-bond acceptors (Lipinski definition) is 2. The lowest BCUT2D eigenvalue weighted by Gasteiger charge is -2.26. The lowest BCUT2D eigenvalue weighted by molar-refractivity contribution is 0.135. The van der Waals surface area contributed by atoms with E-state index >= 15 is 0 Å². The second-order valence-electron chi connectivity index (χ2n) is 5.42. The van der Waals surface area contributed by atoms with Gasteiger partial charge in [0.05, 0.1) is 18.3 Å². The third-order valence-electron chi connectivity index (χ3n) is 3.67. The molecule has 0 radical (unpaired) electrons. The van der Waals surface area contributed by atoms with Gasteiger partial charge in [-0.25, -0.2) is 4.39 Å². The minimum Gasteiger partial charge on any atom is -0.490 e. The number of rotatable bonds is 3. The molecule has 2 nitrogen and oxygen atoms in total. The van der Waals surface area contributed by atoms with Crippen molar-refractivity contribution in [2.24, 2.45) is 5.92 Å². The fourth-order valence-corrected chi connectivity index (χ4v) is 2.42. The SMILES string of the molecule is CC1CCC(Oc2ccc(C#CCCO)c(F)c2)CC1. The first-order chi connectivity index (χ1) is 9.69. The fourth-order valence-electron chi connectivity index (χ4n) is 2.42. The van der Waals surface area contributed by atoms with Crippen molar-refractivity contribution < 1.29 is 14.2 Å². The molecular weight excluding hydrogens is 255 g/mol. The van der Waals surface area contributed by atoms with Crippen LogP contribution in [0.15, 0.2) is 18.2 Å². The van der Waals surface area contributed by atoms with E-state index in [1.807, 2.05) is 0 Å². The average Bonchev–Trinajstić information content (AvgIpc) is 2.44. The van der Waals surface area contributed by atoms with Crippen molar-refractivity contribution in [1.82, 2.24) is 0 Å². The number of halogens is 1. The van der Waals surface area contributed by atoms with Crippen molar-refractivity contribution in [3.63, 3.8) is 0 Å². The minimum absolute atomic E-state index is 0.00405. The van der Waals surface area contributed by atoms with Gasteiger partial charge >= 0.3 is 0 Å². The lowest BCUT2D eigenvalue weighted by atomic mass is 9.89. The molecule has 3 heteroatoms. The summed E-state index contributed by atoms with van der Waals surface area (Å²) in [5, 5.41) is 8.64. The largest absolute Gasteiger partial charge is 0.490 e. The summed E-state index contributed by atoms with van der Waals surface area (Å²) in [6.45, 7) is 2.26. The Balaban J connectivity index is 1.97. The molecule has 0 saturated heterocycles. The fraction of sp³-hybridized carbons (Fsp3) is 0.529. The van der Waals surface area contributed by atoms with Crippen molar-refractivity contribution in [3.8, 4) is 17.6 Å². The van der Waals surface area contributed by atoms with Gasteiger partial charge in [-0.15, -0.1) is 0 Å². The van der Waals surface area contributed by atoms with Gasteiger partial charge in [0.2, 0.25) is 0 Å². The Morgan fingerprint density at radius 1 is 1.30 bits per heavy atom. The molecule has 108 valence electrons. The molecule has 1 N–H and O–H groups in total. The summed E-state index contributed by atoms with van der Waals surface area (Å²) in [5.74, 6) is 6.42. The summed E-state index contributed by atoms with van der Waals surface area (Å²) in [7, 11) is 0. The van der Waals surface area contributed by atoms with Crippen LogP contribution < -0.4 is 4.74 Å². The summed E-state index contributed by atoms with van der Waals surface area (Å²) < 4.78 is 19.7. The van der Waals surface area contributed by atoms with Gasteiger partial charge in [-0.2, -0.15) is 0 Å². The van der Waals surface area contributed by atoms with E-state index in [1.54, 1.807) is 12.1 Å². The minimum atomic E-state index is -0.364. The van der Waals surface area contributed by atoms with E-state index in [1.165, 1.54) is 18.9 Å². The molecule has 1 fully saturated rings. The van der Waals surface area contributed by atoms with E-state index in [4.69, 9.17) is 9.84 Å². The molecule has 0 amide bonds. The maximum atomic E-state index is 13.8. The molecule has 2 rings (SSSR count). The maximum Gasteiger partial charge on any atom is 0.142 e. The van der Waals surface area contributed by atoms with Crippen LogP contribution in [-0.4, -0.2) is 17.8 Å². The van der Waals surface area contributed by atoms with Crippen LogP contribution in [0.2, 0.25) is 0 Å². The highest BCUT2D eigenvalue weighted by Gasteiger charge is 2.19. The molecule has 1 aromatic rings. The Bertz CT molecular complexity index is 493. The predicted octanol–water partition coefficient (Wildman–Crippen LogP) is 3.52. The zero-order valence-corrected chi connectivity index (χ0v) is 11.9. The predicted molar refractivity (Wildman–Crippen MR) is 77.0 cm³/mol. The Hall–Kier alpha value is -1.53. The van der Waals surface area contributed by atoms with E-state index in [0.29, 0.717) is 17.7 Å². The first-order valence-electron chi connectivity index (χ1n) is 7.25. The highest BCUT2D eigenvalue weighted by molar-refractivity contribution is 5.39. The number of aliphatic hydroxyl groups excluding tert-OH is 1. The van der Waals surface area contributed by atoms with Gasteiger partial charge in [-0.3, -0.25) is 0 Å². The van der Waals surface area contributed by atoms with Gasteiger partial charge in [0.1, 0.15) is 11.6 Å². The Morgan fingerprint density at radius 2 is 2.05 bits per heavy atom. The molecule has 1 saturated carbocycles. The number of ether oxygens (including phenoxy) is 1. The molecule has 1 aliphatic carbocycles. The first kappa shape index (κ1) is 14.9. The summed E-state index contributed by atoms with van der Waals surface area (Å²) >= 11 is 0. The third kappa shape index (κ3) is 4.25. The molecule has 0 heterocycles. The monoisotopic (exact) mass is 276 g/mol. The van der Waals surface area contributed by atoms with Crippen molar-refractivity contribution in [1.29, 1.82) is 0 Å². The Morgan fingerprint density at radius 3 is 2.70 bits per heavy atom. The molecule has 1 aromatic carbocycles. The third-order valence-corrected chi connectivity index (χ3v) is 3.67. The molecule has 0 aromatic heterocycles. The van der Waals surface area contributed by atoms with E-state index in [-0.39, 0.29) is 18.5 Å². The normalized spacial score (nSPS) is 21.9. The number of hydrogen-bond donors (Lipinski definition) is 1.